The largest absolute Gasteiger partial charge is 0.490 e. The number of ether oxygens (including phenoxy) is 2. The number of anilines is 2. The van der Waals surface area contributed by atoms with Gasteiger partial charge in [-0.3, -0.25) is 4.79 Å². The maximum absolute atomic E-state index is 13.0. The van der Waals surface area contributed by atoms with Crippen molar-refractivity contribution in [2.45, 2.75) is 75.6 Å². The lowest BCUT2D eigenvalue weighted by molar-refractivity contribution is 0.0470. The van der Waals surface area contributed by atoms with Gasteiger partial charge in [0, 0.05) is 35.4 Å². The van der Waals surface area contributed by atoms with Gasteiger partial charge in [-0.25, -0.2) is 14.8 Å². The van der Waals surface area contributed by atoms with Crippen LogP contribution in [0.1, 0.15) is 62.5 Å². The van der Waals surface area contributed by atoms with Gasteiger partial charge in [0.2, 0.25) is 0 Å². The first kappa shape index (κ1) is 30.5. The number of amides is 2. The number of carbonyl (C=O) groups excluding carboxylic acids is 2. The number of rotatable bonds is 9. The number of halogens is 1. The molecule has 1 saturated carbocycles. The fraction of sp³-hybridized carbons (Fsp3) is 0.400. The number of thioether (sulfide) groups is 1. The second kappa shape index (κ2) is 13.9. The third kappa shape index (κ3) is 9.26. The highest BCUT2D eigenvalue weighted by Crippen LogP contribution is 2.31. The highest BCUT2D eigenvalue weighted by Gasteiger charge is 2.26. The lowest BCUT2D eigenvalue weighted by atomic mass is 9.93. The van der Waals surface area contributed by atoms with Crippen LogP contribution >= 0.6 is 23.4 Å². The molecule has 41 heavy (non-hydrogen) atoms. The van der Waals surface area contributed by atoms with Crippen molar-refractivity contribution in [3.8, 4) is 5.75 Å². The van der Waals surface area contributed by atoms with E-state index in [1.165, 1.54) is 6.20 Å². The van der Waals surface area contributed by atoms with Crippen molar-refractivity contribution in [3.05, 3.63) is 71.1 Å². The first-order valence-corrected chi connectivity index (χ1v) is 15.1. The monoisotopic (exact) mass is 597 g/mol. The van der Waals surface area contributed by atoms with Gasteiger partial charge in [0.15, 0.2) is 5.69 Å². The van der Waals surface area contributed by atoms with Gasteiger partial charge in [0.1, 0.15) is 17.2 Å². The van der Waals surface area contributed by atoms with Gasteiger partial charge in [0.05, 0.1) is 16.8 Å². The van der Waals surface area contributed by atoms with Crippen LogP contribution in [0.2, 0.25) is 5.02 Å². The predicted molar refractivity (Wildman–Crippen MR) is 163 cm³/mol. The number of hydrogen-bond donors (Lipinski definition) is 3. The number of alkyl carbamates (subject to hydrolysis) is 1. The molecular formula is C30H36ClN5O4S. The van der Waals surface area contributed by atoms with E-state index >= 15 is 0 Å². The Kier molecular flexibility index (Phi) is 10.3. The van der Waals surface area contributed by atoms with Crippen molar-refractivity contribution in [2.75, 3.05) is 16.9 Å². The molecule has 0 unspecified atom stereocenters. The Balaban J connectivity index is 1.39. The molecule has 0 aliphatic heterocycles. The second-order valence-electron chi connectivity index (χ2n) is 10.8. The molecule has 2 aromatic heterocycles. The molecule has 3 aromatic rings. The highest BCUT2D eigenvalue weighted by atomic mass is 35.5. The Morgan fingerprint density at radius 1 is 1.07 bits per heavy atom. The number of nitrogens with zero attached hydrogens (tertiary/aromatic N) is 2. The molecule has 1 fully saturated rings. The van der Waals surface area contributed by atoms with Crippen LogP contribution < -0.4 is 20.7 Å². The first-order valence-electron chi connectivity index (χ1n) is 13.5. The third-order valence-corrected chi connectivity index (χ3v) is 7.37. The van der Waals surface area contributed by atoms with E-state index in [0.29, 0.717) is 23.1 Å². The molecule has 4 rings (SSSR count). The van der Waals surface area contributed by atoms with E-state index in [1.54, 1.807) is 36.2 Å². The lowest BCUT2D eigenvalue weighted by Gasteiger charge is -2.31. The van der Waals surface area contributed by atoms with Crippen LogP contribution in [0.4, 0.5) is 16.3 Å². The van der Waals surface area contributed by atoms with E-state index in [4.69, 9.17) is 21.1 Å². The number of nitrogens with one attached hydrogen (secondary N) is 3. The van der Waals surface area contributed by atoms with Gasteiger partial charge in [0.25, 0.3) is 5.91 Å². The molecule has 0 saturated heterocycles. The number of benzene rings is 1. The average Bonchev–Trinajstić information content (AvgIpc) is 2.93. The molecule has 2 amide bonds. The van der Waals surface area contributed by atoms with Crippen LogP contribution in [0.25, 0.3) is 0 Å². The predicted octanol–water partition coefficient (Wildman–Crippen LogP) is 6.93. The number of aromatic nitrogens is 2. The fourth-order valence-electron chi connectivity index (χ4n) is 4.44. The summed E-state index contributed by atoms with van der Waals surface area (Å²) in [6.45, 7) is 6.00. The van der Waals surface area contributed by atoms with Crippen molar-refractivity contribution in [2.24, 2.45) is 0 Å². The van der Waals surface area contributed by atoms with Crippen LogP contribution in [0.3, 0.4) is 0 Å². The van der Waals surface area contributed by atoms with Crippen LogP contribution in [0.5, 0.6) is 5.75 Å². The van der Waals surface area contributed by atoms with E-state index in [9.17, 15) is 9.59 Å². The minimum absolute atomic E-state index is 0.0362. The van der Waals surface area contributed by atoms with E-state index < -0.39 is 5.60 Å². The van der Waals surface area contributed by atoms with Crippen molar-refractivity contribution in [1.29, 1.82) is 0 Å². The molecule has 1 aliphatic carbocycles. The molecule has 0 atom stereocenters. The second-order valence-corrected chi connectivity index (χ2v) is 12.1. The molecule has 11 heteroatoms. The van der Waals surface area contributed by atoms with Crippen LogP contribution in [0, 0.1) is 0 Å². The summed E-state index contributed by atoms with van der Waals surface area (Å²) in [6, 6.07) is 13.1. The zero-order valence-electron chi connectivity index (χ0n) is 23.7. The molecule has 1 aliphatic rings. The summed E-state index contributed by atoms with van der Waals surface area (Å²) in [5, 5.41) is 9.58. The summed E-state index contributed by atoms with van der Waals surface area (Å²) in [7, 11) is 0. The van der Waals surface area contributed by atoms with Gasteiger partial charge < -0.3 is 25.4 Å². The molecule has 0 spiro atoms. The molecule has 1 aromatic carbocycles. The SMILES string of the molecule is CSc1ccc(CNc2cccnc2C(=O)Nc2ccc(Cl)cn2)c(OC2CCC(NC(=O)OC(C)(C)C)CC2)c1. The van der Waals surface area contributed by atoms with E-state index in [-0.39, 0.29) is 29.8 Å². The third-order valence-electron chi connectivity index (χ3n) is 6.42. The van der Waals surface area contributed by atoms with Gasteiger partial charge in [-0.1, -0.05) is 17.7 Å². The highest BCUT2D eigenvalue weighted by molar-refractivity contribution is 7.98. The van der Waals surface area contributed by atoms with Crippen molar-refractivity contribution >= 4 is 46.9 Å². The molecule has 2 heterocycles. The number of carbonyl (C=O) groups is 2. The minimum Gasteiger partial charge on any atom is -0.490 e. The Bertz CT molecular complexity index is 1340. The quantitative estimate of drug-likeness (QED) is 0.227. The summed E-state index contributed by atoms with van der Waals surface area (Å²) in [6.07, 6.45) is 8.01. The minimum atomic E-state index is -0.522. The smallest absolute Gasteiger partial charge is 0.407 e. The lowest BCUT2D eigenvalue weighted by Crippen LogP contribution is -2.42. The maximum atomic E-state index is 13.0. The summed E-state index contributed by atoms with van der Waals surface area (Å²) < 4.78 is 11.9. The van der Waals surface area contributed by atoms with E-state index in [0.717, 1.165) is 41.9 Å². The Morgan fingerprint density at radius 3 is 2.54 bits per heavy atom. The summed E-state index contributed by atoms with van der Waals surface area (Å²) in [5.74, 6) is 0.803. The van der Waals surface area contributed by atoms with Gasteiger partial charge >= 0.3 is 6.09 Å². The molecule has 0 radical (unpaired) electrons. The van der Waals surface area contributed by atoms with E-state index in [2.05, 4.69) is 38.1 Å². The average molecular weight is 598 g/mol. The molecule has 9 nitrogen and oxygen atoms in total. The van der Waals surface area contributed by atoms with Crippen LogP contribution in [-0.4, -0.2) is 46.0 Å². The van der Waals surface area contributed by atoms with Gasteiger partial charge in [-0.2, -0.15) is 0 Å². The number of hydrogen-bond acceptors (Lipinski definition) is 8. The van der Waals surface area contributed by atoms with Gasteiger partial charge in [-0.05, 0) is 89.1 Å². The van der Waals surface area contributed by atoms with Crippen molar-refractivity contribution < 1.29 is 19.1 Å². The molecule has 0 bridgehead atoms. The van der Waals surface area contributed by atoms with Crippen molar-refractivity contribution in [1.82, 2.24) is 15.3 Å². The number of pyridine rings is 2. The van der Waals surface area contributed by atoms with Crippen LogP contribution in [0.15, 0.2) is 59.8 Å². The van der Waals surface area contributed by atoms with Gasteiger partial charge in [-0.15, -0.1) is 11.8 Å². The zero-order valence-corrected chi connectivity index (χ0v) is 25.3. The normalized spacial score (nSPS) is 16.9. The fourth-order valence-corrected chi connectivity index (χ4v) is 4.98. The molecule has 3 N–H and O–H groups in total. The maximum Gasteiger partial charge on any atom is 0.407 e. The standard InChI is InChI=1S/C30H36ClN5O4S/c1-30(2,3)40-29(38)35-21-9-11-22(12-10-21)39-25-16-23(41-4)13-7-19(25)17-33-24-6-5-15-32-27(24)28(37)36-26-14-8-20(31)18-34-26/h5-8,13-16,18,21-22,33H,9-12,17H2,1-4H3,(H,35,38)(H,34,36,37). The summed E-state index contributed by atoms with van der Waals surface area (Å²) in [5.41, 5.74) is 1.29. The summed E-state index contributed by atoms with van der Waals surface area (Å²) in [4.78, 5) is 34.6. The Labute approximate surface area is 250 Å². The molecule has 218 valence electrons. The Morgan fingerprint density at radius 2 is 1.85 bits per heavy atom. The Hall–Kier alpha value is -3.50. The van der Waals surface area contributed by atoms with E-state index in [1.807, 2.05) is 39.2 Å². The van der Waals surface area contributed by atoms with Crippen molar-refractivity contribution in [3.63, 3.8) is 0 Å². The first-order chi connectivity index (χ1) is 19.6. The topological polar surface area (TPSA) is 114 Å². The zero-order chi connectivity index (χ0) is 29.4. The summed E-state index contributed by atoms with van der Waals surface area (Å²) >= 11 is 7.55. The molecular weight excluding hydrogens is 562 g/mol. The van der Waals surface area contributed by atoms with Crippen LogP contribution in [-0.2, 0) is 11.3 Å².